The summed E-state index contributed by atoms with van der Waals surface area (Å²) in [5, 5.41) is 0. The molecule has 2 nitrogen and oxygen atoms in total. The number of unbranched alkanes of at least 4 members (excludes halogenated alkanes) is 7. The third-order valence-electron chi connectivity index (χ3n) is 3.62. The van der Waals surface area contributed by atoms with Crippen molar-refractivity contribution in [1.29, 1.82) is 0 Å². The molecule has 1 unspecified atom stereocenters. The number of alkyl halides is 1. The first-order valence-corrected chi connectivity index (χ1v) is 9.65. The Morgan fingerprint density at radius 3 is 2.14 bits per heavy atom. The highest BCUT2D eigenvalue weighted by Crippen LogP contribution is 2.14. The second-order valence-corrected chi connectivity index (χ2v) is 6.76. The largest absolute Gasteiger partial charge is 0.468 e. The maximum absolute atomic E-state index is 11.2. The van der Waals surface area contributed by atoms with Crippen LogP contribution < -0.4 is 0 Å². The van der Waals surface area contributed by atoms with Crippen molar-refractivity contribution in [1.82, 2.24) is 0 Å². The summed E-state index contributed by atoms with van der Waals surface area (Å²) in [5.74, 6) is -0.161. The predicted molar refractivity (Wildman–Crippen MR) is 99.5 cm³/mol. The zero-order chi connectivity index (χ0) is 16.5. The molecule has 0 aliphatic rings. The van der Waals surface area contributed by atoms with E-state index in [0.717, 1.165) is 19.3 Å². The molecule has 0 saturated heterocycles. The van der Waals surface area contributed by atoms with Crippen molar-refractivity contribution in [2.24, 2.45) is 0 Å². The van der Waals surface area contributed by atoms with Gasteiger partial charge in [0.25, 0.3) is 0 Å². The Bertz CT molecular complexity index is 311. The number of carbonyl (C=O) groups is 1. The van der Waals surface area contributed by atoms with E-state index in [4.69, 9.17) is 0 Å². The Hall–Kier alpha value is -0.570. The van der Waals surface area contributed by atoms with E-state index < -0.39 is 0 Å². The molecule has 0 aliphatic carbocycles. The quantitative estimate of drug-likeness (QED) is 0.154. The molecule has 0 aliphatic heterocycles. The second kappa shape index (κ2) is 16.8. The van der Waals surface area contributed by atoms with Crippen LogP contribution >= 0.6 is 15.9 Å². The van der Waals surface area contributed by atoms with Gasteiger partial charge in [-0.3, -0.25) is 4.79 Å². The number of methoxy groups -OCH3 is 1. The fourth-order valence-corrected chi connectivity index (χ4v) is 2.71. The lowest BCUT2D eigenvalue weighted by molar-refractivity contribution is -0.139. The van der Waals surface area contributed by atoms with Crippen molar-refractivity contribution < 1.29 is 9.53 Å². The SMILES string of the molecule is CCCCC/C=C\C/C=C\CCCCCCC(Br)C(=O)OC. The smallest absolute Gasteiger partial charge is 0.319 e. The number of ether oxygens (including phenoxy) is 1. The number of allylic oxidation sites excluding steroid dienone is 4. The molecule has 0 fully saturated rings. The number of halogens is 1. The van der Waals surface area contributed by atoms with E-state index in [9.17, 15) is 4.79 Å². The maximum atomic E-state index is 11.2. The lowest BCUT2D eigenvalue weighted by Gasteiger charge is -2.06. The van der Waals surface area contributed by atoms with Gasteiger partial charge in [-0.05, 0) is 38.5 Å². The Morgan fingerprint density at radius 1 is 0.955 bits per heavy atom. The maximum Gasteiger partial charge on any atom is 0.319 e. The van der Waals surface area contributed by atoms with Crippen molar-refractivity contribution in [2.45, 2.75) is 82.4 Å². The summed E-state index contributed by atoms with van der Waals surface area (Å²) in [6.45, 7) is 2.24. The number of esters is 1. The van der Waals surface area contributed by atoms with Crippen molar-refractivity contribution in [3.8, 4) is 0 Å². The average Bonchev–Trinajstić information content (AvgIpc) is 2.54. The van der Waals surface area contributed by atoms with Crippen LogP contribution in [0.1, 0.15) is 77.6 Å². The van der Waals surface area contributed by atoms with Crippen LogP contribution in [-0.2, 0) is 9.53 Å². The molecule has 0 heterocycles. The van der Waals surface area contributed by atoms with Crippen molar-refractivity contribution in [3.63, 3.8) is 0 Å². The first kappa shape index (κ1) is 21.4. The van der Waals surface area contributed by atoms with Crippen LogP contribution in [0.15, 0.2) is 24.3 Å². The molecule has 0 rings (SSSR count). The van der Waals surface area contributed by atoms with Crippen LogP contribution in [0.4, 0.5) is 0 Å². The van der Waals surface area contributed by atoms with E-state index in [0.29, 0.717) is 0 Å². The van der Waals surface area contributed by atoms with Crippen molar-refractivity contribution >= 4 is 21.9 Å². The minimum atomic E-state index is -0.161. The first-order chi connectivity index (χ1) is 10.7. The molecular formula is C19H33BrO2. The third kappa shape index (κ3) is 14.4. The summed E-state index contributed by atoms with van der Waals surface area (Å²) in [4.78, 5) is 11.1. The van der Waals surface area contributed by atoms with E-state index in [1.54, 1.807) is 0 Å². The highest BCUT2D eigenvalue weighted by Gasteiger charge is 2.13. The summed E-state index contributed by atoms with van der Waals surface area (Å²) in [7, 11) is 1.43. The summed E-state index contributed by atoms with van der Waals surface area (Å²) < 4.78 is 4.68. The molecule has 128 valence electrons. The molecule has 0 N–H and O–H groups in total. The van der Waals surface area contributed by atoms with E-state index in [2.05, 4.69) is 51.9 Å². The lowest BCUT2D eigenvalue weighted by Crippen LogP contribution is -2.15. The molecule has 0 aromatic carbocycles. The van der Waals surface area contributed by atoms with Gasteiger partial charge in [-0.1, -0.05) is 79.3 Å². The Labute approximate surface area is 145 Å². The standard InChI is InChI=1S/C19H33BrO2/c1-3-4-5-6-7-8-9-10-11-12-13-14-15-16-17-18(20)19(21)22-2/h7-8,10-11,18H,3-6,9,12-17H2,1-2H3/b8-7-,11-10-. The fraction of sp³-hybridized carbons (Fsp3) is 0.737. The van der Waals surface area contributed by atoms with Crippen LogP contribution in [0.25, 0.3) is 0 Å². The van der Waals surface area contributed by atoms with Gasteiger partial charge in [-0.15, -0.1) is 0 Å². The molecule has 0 aromatic rings. The molecule has 0 saturated carbocycles. The average molecular weight is 373 g/mol. The van der Waals surface area contributed by atoms with E-state index in [1.807, 2.05) is 0 Å². The van der Waals surface area contributed by atoms with Crippen LogP contribution in [0.3, 0.4) is 0 Å². The van der Waals surface area contributed by atoms with Gasteiger partial charge in [0.1, 0.15) is 4.83 Å². The highest BCUT2D eigenvalue weighted by molar-refractivity contribution is 9.10. The van der Waals surface area contributed by atoms with Gasteiger partial charge < -0.3 is 4.74 Å². The Morgan fingerprint density at radius 2 is 1.55 bits per heavy atom. The van der Waals surface area contributed by atoms with Crippen molar-refractivity contribution in [2.75, 3.05) is 7.11 Å². The zero-order valence-electron chi connectivity index (χ0n) is 14.4. The normalized spacial score (nSPS) is 13.0. The minimum Gasteiger partial charge on any atom is -0.468 e. The van der Waals surface area contributed by atoms with Crippen LogP contribution in [0.2, 0.25) is 0 Å². The number of carbonyl (C=O) groups excluding carboxylic acids is 1. The minimum absolute atomic E-state index is 0.137. The molecule has 0 amide bonds. The molecule has 0 bridgehead atoms. The Kier molecular flexibility index (Phi) is 16.4. The monoisotopic (exact) mass is 372 g/mol. The topological polar surface area (TPSA) is 26.3 Å². The van der Waals surface area contributed by atoms with Gasteiger partial charge in [0, 0.05) is 0 Å². The number of hydrogen-bond acceptors (Lipinski definition) is 2. The summed E-state index contributed by atoms with van der Waals surface area (Å²) in [5.41, 5.74) is 0. The summed E-state index contributed by atoms with van der Waals surface area (Å²) >= 11 is 3.35. The molecule has 0 radical (unpaired) electrons. The van der Waals surface area contributed by atoms with Gasteiger partial charge in [0.2, 0.25) is 0 Å². The van der Waals surface area contributed by atoms with Crippen LogP contribution in [-0.4, -0.2) is 17.9 Å². The predicted octanol–water partition coefficient (Wildman–Crippen LogP) is 6.35. The van der Waals surface area contributed by atoms with E-state index in [1.165, 1.54) is 58.5 Å². The lowest BCUT2D eigenvalue weighted by atomic mass is 10.1. The molecule has 3 heteroatoms. The van der Waals surface area contributed by atoms with E-state index >= 15 is 0 Å². The van der Waals surface area contributed by atoms with Gasteiger partial charge in [-0.2, -0.15) is 0 Å². The Balaban J connectivity index is 3.32. The van der Waals surface area contributed by atoms with Crippen LogP contribution in [0.5, 0.6) is 0 Å². The number of hydrogen-bond donors (Lipinski definition) is 0. The molecule has 0 aromatic heterocycles. The van der Waals surface area contributed by atoms with Gasteiger partial charge in [0.15, 0.2) is 0 Å². The van der Waals surface area contributed by atoms with E-state index in [-0.39, 0.29) is 10.8 Å². The van der Waals surface area contributed by atoms with Gasteiger partial charge in [-0.25, -0.2) is 0 Å². The highest BCUT2D eigenvalue weighted by atomic mass is 79.9. The molecular weight excluding hydrogens is 340 g/mol. The van der Waals surface area contributed by atoms with Gasteiger partial charge in [0.05, 0.1) is 7.11 Å². The fourth-order valence-electron chi connectivity index (χ4n) is 2.20. The third-order valence-corrected chi connectivity index (χ3v) is 4.45. The van der Waals surface area contributed by atoms with Gasteiger partial charge >= 0.3 is 5.97 Å². The molecule has 0 spiro atoms. The number of rotatable bonds is 14. The first-order valence-electron chi connectivity index (χ1n) is 8.74. The molecule has 1 atom stereocenters. The van der Waals surface area contributed by atoms with Crippen LogP contribution in [0, 0.1) is 0 Å². The summed E-state index contributed by atoms with van der Waals surface area (Å²) in [6.07, 6.45) is 22.2. The van der Waals surface area contributed by atoms with Crippen molar-refractivity contribution in [3.05, 3.63) is 24.3 Å². The second-order valence-electron chi connectivity index (χ2n) is 5.66. The zero-order valence-corrected chi connectivity index (χ0v) is 15.9. The molecule has 22 heavy (non-hydrogen) atoms. The summed E-state index contributed by atoms with van der Waals surface area (Å²) in [6, 6.07) is 0.